The molecule has 0 spiro atoms. The predicted octanol–water partition coefficient (Wildman–Crippen LogP) is 3.46. The molecule has 1 aromatic rings. The molecule has 0 N–H and O–H groups in total. The number of aryl methyl sites for hydroxylation is 1. The van der Waals surface area contributed by atoms with Gasteiger partial charge in [0.2, 0.25) is 0 Å². The molecule has 0 radical (unpaired) electrons. The van der Waals surface area contributed by atoms with Crippen LogP contribution in [0.25, 0.3) is 0 Å². The molecular weight excluding hydrogens is 218 g/mol. The molecule has 1 heterocycles. The molecule has 0 unspecified atom stereocenters. The number of fused-ring (bicyclic) bond motifs is 1. The van der Waals surface area contributed by atoms with Crippen molar-refractivity contribution in [3.05, 3.63) is 58.8 Å². The predicted molar refractivity (Wildman–Crippen MR) is 67.2 cm³/mol. The Hall–Kier alpha value is -1.21. The van der Waals surface area contributed by atoms with Crippen LogP contribution in [0, 0.1) is 0 Å². The number of halogens is 1. The van der Waals surface area contributed by atoms with E-state index in [1.807, 2.05) is 4.42 Å². The van der Waals surface area contributed by atoms with Gasteiger partial charge in [-0.2, -0.15) is 0 Å². The summed E-state index contributed by atoms with van der Waals surface area (Å²) in [7, 11) is 0. The van der Waals surface area contributed by atoms with Crippen molar-refractivity contribution in [1.82, 2.24) is 4.42 Å². The van der Waals surface area contributed by atoms with Crippen molar-refractivity contribution in [2.45, 2.75) is 19.3 Å². The SMILES string of the molecule is ClN1CC=CC2=C1Cc1ccccc1CC2. The first-order valence-electron chi connectivity index (χ1n) is 5.73. The fourth-order valence-corrected chi connectivity index (χ4v) is 2.75. The third kappa shape index (κ3) is 1.65. The van der Waals surface area contributed by atoms with E-state index in [2.05, 4.69) is 36.4 Å². The molecule has 0 amide bonds. The van der Waals surface area contributed by atoms with Gasteiger partial charge in [0.05, 0.1) is 6.54 Å². The van der Waals surface area contributed by atoms with Crippen LogP contribution in [0.2, 0.25) is 0 Å². The van der Waals surface area contributed by atoms with Gasteiger partial charge in [-0.15, -0.1) is 0 Å². The number of rotatable bonds is 0. The molecule has 0 saturated heterocycles. The summed E-state index contributed by atoms with van der Waals surface area (Å²) in [6.07, 6.45) is 7.58. The fourth-order valence-electron chi connectivity index (χ4n) is 2.50. The average Bonchev–Trinajstić information content (AvgIpc) is 2.50. The van der Waals surface area contributed by atoms with Crippen LogP contribution in [0.15, 0.2) is 47.7 Å². The largest absolute Gasteiger partial charge is 0.285 e. The summed E-state index contributed by atoms with van der Waals surface area (Å²) in [5.74, 6) is 0. The highest BCUT2D eigenvalue weighted by molar-refractivity contribution is 6.14. The lowest BCUT2D eigenvalue weighted by Crippen LogP contribution is -2.18. The van der Waals surface area contributed by atoms with Gasteiger partial charge >= 0.3 is 0 Å². The summed E-state index contributed by atoms with van der Waals surface area (Å²) in [6, 6.07) is 8.68. The lowest BCUT2D eigenvalue weighted by molar-refractivity contribution is 0.581. The van der Waals surface area contributed by atoms with Gasteiger partial charge in [0.15, 0.2) is 0 Å². The summed E-state index contributed by atoms with van der Waals surface area (Å²) >= 11 is 6.25. The highest BCUT2D eigenvalue weighted by Gasteiger charge is 2.19. The summed E-state index contributed by atoms with van der Waals surface area (Å²) < 4.78 is 1.86. The van der Waals surface area contributed by atoms with E-state index in [0.29, 0.717) is 0 Å². The van der Waals surface area contributed by atoms with Crippen LogP contribution in [0.3, 0.4) is 0 Å². The van der Waals surface area contributed by atoms with Crippen molar-refractivity contribution >= 4 is 11.8 Å². The Labute approximate surface area is 101 Å². The number of allylic oxidation sites excluding steroid dienone is 3. The number of nitrogens with zero attached hydrogens (tertiary/aromatic N) is 1. The third-order valence-electron chi connectivity index (χ3n) is 3.39. The van der Waals surface area contributed by atoms with Crippen LogP contribution >= 0.6 is 11.8 Å². The van der Waals surface area contributed by atoms with E-state index >= 15 is 0 Å². The van der Waals surface area contributed by atoms with Crippen molar-refractivity contribution in [2.75, 3.05) is 6.54 Å². The van der Waals surface area contributed by atoms with Crippen molar-refractivity contribution in [2.24, 2.45) is 0 Å². The number of benzene rings is 1. The minimum Gasteiger partial charge on any atom is -0.285 e. The van der Waals surface area contributed by atoms with E-state index in [-0.39, 0.29) is 0 Å². The van der Waals surface area contributed by atoms with Crippen molar-refractivity contribution in [1.29, 1.82) is 0 Å². The average molecular weight is 232 g/mol. The maximum atomic E-state index is 6.25. The Morgan fingerprint density at radius 1 is 1.06 bits per heavy atom. The fraction of sp³-hybridized carbons (Fsp3) is 0.286. The molecule has 16 heavy (non-hydrogen) atoms. The zero-order valence-corrected chi connectivity index (χ0v) is 9.87. The molecule has 2 heteroatoms. The maximum absolute atomic E-state index is 6.25. The van der Waals surface area contributed by atoms with E-state index in [1.165, 1.54) is 22.4 Å². The van der Waals surface area contributed by atoms with Crippen LogP contribution in [-0.2, 0) is 12.8 Å². The third-order valence-corrected chi connectivity index (χ3v) is 3.73. The topological polar surface area (TPSA) is 3.24 Å². The molecule has 1 aliphatic heterocycles. The van der Waals surface area contributed by atoms with Crippen LogP contribution in [0.1, 0.15) is 17.5 Å². The molecule has 0 saturated carbocycles. The van der Waals surface area contributed by atoms with Crippen LogP contribution in [0.4, 0.5) is 0 Å². The molecule has 1 aromatic carbocycles. The monoisotopic (exact) mass is 231 g/mol. The second-order valence-electron chi connectivity index (χ2n) is 4.36. The van der Waals surface area contributed by atoms with Gasteiger partial charge in [-0.25, -0.2) is 0 Å². The molecule has 82 valence electrons. The van der Waals surface area contributed by atoms with Gasteiger partial charge in [0, 0.05) is 23.9 Å². The van der Waals surface area contributed by atoms with E-state index in [1.54, 1.807) is 0 Å². The van der Waals surface area contributed by atoms with Gasteiger partial charge in [-0.3, -0.25) is 4.42 Å². The standard InChI is InChI=1S/C14H14ClN/c15-16-9-3-6-12-8-7-11-4-1-2-5-13(11)10-14(12)16/h1-6H,7-10H2. The van der Waals surface area contributed by atoms with Gasteiger partial charge in [0.1, 0.15) is 0 Å². The Morgan fingerprint density at radius 2 is 1.88 bits per heavy atom. The van der Waals surface area contributed by atoms with E-state index < -0.39 is 0 Å². The molecule has 0 aromatic heterocycles. The van der Waals surface area contributed by atoms with Crippen molar-refractivity contribution in [3.8, 4) is 0 Å². The summed E-state index contributed by atoms with van der Waals surface area (Å²) in [5.41, 5.74) is 5.58. The van der Waals surface area contributed by atoms with Crippen LogP contribution in [-0.4, -0.2) is 11.0 Å². The number of hydrogen-bond donors (Lipinski definition) is 0. The molecular formula is C14H14ClN. The summed E-state index contributed by atoms with van der Waals surface area (Å²) in [5, 5.41) is 0. The van der Waals surface area contributed by atoms with E-state index in [9.17, 15) is 0 Å². The first kappa shape index (κ1) is 9.98. The second kappa shape index (κ2) is 3.99. The lowest BCUT2D eigenvalue weighted by Gasteiger charge is -2.23. The quantitative estimate of drug-likeness (QED) is 0.619. The molecule has 1 aliphatic carbocycles. The van der Waals surface area contributed by atoms with Crippen molar-refractivity contribution < 1.29 is 0 Å². The summed E-state index contributed by atoms with van der Waals surface area (Å²) in [6.45, 7) is 0.822. The first-order chi connectivity index (χ1) is 7.84. The highest BCUT2D eigenvalue weighted by atomic mass is 35.5. The zero-order chi connectivity index (χ0) is 11.0. The lowest BCUT2D eigenvalue weighted by atomic mass is 10.0. The van der Waals surface area contributed by atoms with E-state index in [0.717, 1.165) is 25.8 Å². The molecule has 2 aliphatic rings. The van der Waals surface area contributed by atoms with Crippen molar-refractivity contribution in [3.63, 3.8) is 0 Å². The molecule has 3 rings (SSSR count). The minimum atomic E-state index is 0.822. The van der Waals surface area contributed by atoms with E-state index in [4.69, 9.17) is 11.8 Å². The van der Waals surface area contributed by atoms with Crippen LogP contribution < -0.4 is 0 Å². The molecule has 1 nitrogen and oxygen atoms in total. The van der Waals surface area contributed by atoms with Gasteiger partial charge in [-0.1, -0.05) is 36.4 Å². The molecule has 0 fully saturated rings. The Kier molecular flexibility index (Phi) is 2.49. The molecule has 0 bridgehead atoms. The van der Waals surface area contributed by atoms with Crippen LogP contribution in [0.5, 0.6) is 0 Å². The van der Waals surface area contributed by atoms with Gasteiger partial charge < -0.3 is 0 Å². The Balaban J connectivity index is 2.03. The highest BCUT2D eigenvalue weighted by Crippen LogP contribution is 2.30. The summed E-state index contributed by atoms with van der Waals surface area (Å²) in [4.78, 5) is 0. The smallest absolute Gasteiger partial charge is 0.0529 e. The first-order valence-corrected chi connectivity index (χ1v) is 6.07. The Morgan fingerprint density at radius 3 is 2.75 bits per heavy atom. The number of hydrogen-bond acceptors (Lipinski definition) is 1. The normalized spacial score (nSPS) is 19.2. The molecule has 0 atom stereocenters. The zero-order valence-electron chi connectivity index (χ0n) is 9.12. The Bertz CT molecular complexity index is 473. The minimum absolute atomic E-state index is 0.822. The second-order valence-corrected chi connectivity index (χ2v) is 4.77. The van der Waals surface area contributed by atoms with Gasteiger partial charge in [0.25, 0.3) is 0 Å². The van der Waals surface area contributed by atoms with Gasteiger partial charge in [-0.05, 0) is 29.5 Å². The maximum Gasteiger partial charge on any atom is 0.0529 e.